The van der Waals surface area contributed by atoms with Gasteiger partial charge in [0.05, 0.1) is 14.2 Å². The molecule has 0 heterocycles. The van der Waals surface area contributed by atoms with E-state index < -0.39 is 8.83 Å². The van der Waals surface area contributed by atoms with Gasteiger partial charge in [-0.1, -0.05) is 6.58 Å². The molecular weight excluding hydrogens is 196 g/mol. The summed E-state index contributed by atoms with van der Waals surface area (Å²) in [6.45, 7) is 5.20. The standard InChI is InChI=1S/C5H9ClOSi.C2H6O2/c1-4(2)5(7)3-8-6;1-3-4-2/h1,3,8H2,2H3;1-2H3. The van der Waals surface area contributed by atoms with E-state index in [1.54, 1.807) is 6.92 Å². The maximum absolute atomic E-state index is 10.6. The zero-order valence-electron chi connectivity index (χ0n) is 7.72. The molecule has 12 heavy (non-hydrogen) atoms. The molecule has 0 N–H and O–H groups in total. The van der Waals surface area contributed by atoms with Crippen molar-refractivity contribution in [3.8, 4) is 0 Å². The first-order valence-electron chi connectivity index (χ1n) is 3.41. The van der Waals surface area contributed by atoms with Crippen LogP contribution in [-0.2, 0) is 14.6 Å². The molecular formula is C7H15ClO3Si. The Morgan fingerprint density at radius 2 is 1.92 bits per heavy atom. The van der Waals surface area contributed by atoms with Crippen molar-refractivity contribution in [2.24, 2.45) is 0 Å². The highest BCUT2D eigenvalue weighted by molar-refractivity contribution is 6.95. The van der Waals surface area contributed by atoms with E-state index in [4.69, 9.17) is 11.1 Å². The molecule has 0 spiro atoms. The van der Waals surface area contributed by atoms with Crippen LogP contribution in [0.1, 0.15) is 6.92 Å². The molecule has 0 saturated carbocycles. The van der Waals surface area contributed by atoms with Crippen molar-refractivity contribution >= 4 is 25.7 Å². The highest BCUT2D eigenvalue weighted by Gasteiger charge is 1.98. The number of hydrogen-bond acceptors (Lipinski definition) is 3. The lowest BCUT2D eigenvalue weighted by Gasteiger charge is -1.90. The quantitative estimate of drug-likeness (QED) is 0.229. The largest absolute Gasteiger partial charge is 0.295 e. The molecule has 3 nitrogen and oxygen atoms in total. The van der Waals surface area contributed by atoms with Gasteiger partial charge in [0.1, 0.15) is 8.83 Å². The average Bonchev–Trinajstić information content (AvgIpc) is 2.05. The first-order valence-corrected chi connectivity index (χ1v) is 6.55. The van der Waals surface area contributed by atoms with Crippen molar-refractivity contribution in [3.05, 3.63) is 12.2 Å². The van der Waals surface area contributed by atoms with Crippen LogP contribution in [0.25, 0.3) is 0 Å². The van der Waals surface area contributed by atoms with Gasteiger partial charge in [-0.2, -0.15) is 11.1 Å². The van der Waals surface area contributed by atoms with Crippen molar-refractivity contribution in [2.45, 2.75) is 13.0 Å². The van der Waals surface area contributed by atoms with Crippen LogP contribution >= 0.6 is 11.1 Å². The summed E-state index contributed by atoms with van der Waals surface area (Å²) in [5, 5.41) is 0. The summed E-state index contributed by atoms with van der Waals surface area (Å²) in [5.74, 6) is 0.117. The highest BCUT2D eigenvalue weighted by atomic mass is 35.6. The fourth-order valence-corrected chi connectivity index (χ4v) is 1.41. The third kappa shape index (κ3) is 12.5. The van der Waals surface area contributed by atoms with Gasteiger partial charge in [-0.05, 0) is 12.5 Å². The predicted molar refractivity (Wildman–Crippen MR) is 53.0 cm³/mol. The molecule has 0 bridgehead atoms. The first kappa shape index (κ1) is 14.4. The number of ketones is 1. The molecule has 5 heteroatoms. The van der Waals surface area contributed by atoms with Crippen LogP contribution in [0.3, 0.4) is 0 Å². The second-order valence-electron chi connectivity index (χ2n) is 1.98. The van der Waals surface area contributed by atoms with Gasteiger partial charge in [0.2, 0.25) is 0 Å². The minimum Gasteiger partial charge on any atom is -0.295 e. The number of rotatable bonds is 4. The van der Waals surface area contributed by atoms with Gasteiger partial charge in [-0.25, -0.2) is 9.78 Å². The molecule has 0 aromatic carbocycles. The van der Waals surface area contributed by atoms with Crippen molar-refractivity contribution in [3.63, 3.8) is 0 Å². The van der Waals surface area contributed by atoms with Crippen molar-refractivity contribution in [1.29, 1.82) is 0 Å². The van der Waals surface area contributed by atoms with Crippen LogP contribution in [-0.4, -0.2) is 28.8 Å². The Balaban J connectivity index is 0. The van der Waals surface area contributed by atoms with E-state index >= 15 is 0 Å². The summed E-state index contributed by atoms with van der Waals surface area (Å²) in [6, 6.07) is 0.552. The summed E-state index contributed by atoms with van der Waals surface area (Å²) in [6.07, 6.45) is 0. The molecule has 72 valence electrons. The molecule has 0 unspecified atom stereocenters. The molecule has 0 amide bonds. The number of halogens is 1. The SMILES string of the molecule is C=C(C)C(=O)C[SiH2]Cl.COOC. The topological polar surface area (TPSA) is 35.5 Å². The Kier molecular flexibility index (Phi) is 13.0. The molecule has 0 fully saturated rings. The van der Waals surface area contributed by atoms with Crippen molar-refractivity contribution < 1.29 is 14.6 Å². The van der Waals surface area contributed by atoms with Gasteiger partial charge in [0.15, 0.2) is 5.78 Å². The lowest BCUT2D eigenvalue weighted by atomic mass is 10.2. The maximum Gasteiger partial charge on any atom is 0.156 e. The molecule has 0 aliphatic carbocycles. The zero-order chi connectivity index (χ0) is 9.98. The molecule has 0 aromatic rings. The molecule has 0 atom stereocenters. The summed E-state index contributed by atoms with van der Waals surface area (Å²) >= 11 is 5.42. The lowest BCUT2D eigenvalue weighted by molar-refractivity contribution is -0.248. The Bertz CT molecular complexity index is 137. The highest BCUT2D eigenvalue weighted by Crippen LogP contribution is 1.95. The molecule has 0 aliphatic heterocycles. The minimum atomic E-state index is -0.614. The van der Waals surface area contributed by atoms with E-state index in [1.165, 1.54) is 14.2 Å². The predicted octanol–water partition coefficient (Wildman–Crippen LogP) is 1.07. The van der Waals surface area contributed by atoms with Crippen LogP contribution in [0.2, 0.25) is 6.04 Å². The van der Waals surface area contributed by atoms with E-state index in [2.05, 4.69) is 16.4 Å². The molecule has 0 rings (SSSR count). The van der Waals surface area contributed by atoms with Crippen LogP contribution in [0, 0.1) is 0 Å². The summed E-state index contributed by atoms with van der Waals surface area (Å²) < 4.78 is 0. The third-order valence-corrected chi connectivity index (χ3v) is 2.17. The van der Waals surface area contributed by atoms with Crippen LogP contribution in [0.5, 0.6) is 0 Å². The lowest BCUT2D eigenvalue weighted by Crippen LogP contribution is -1.98. The molecule has 0 aromatic heterocycles. The van der Waals surface area contributed by atoms with Crippen LogP contribution in [0.4, 0.5) is 0 Å². The van der Waals surface area contributed by atoms with E-state index in [0.29, 0.717) is 11.6 Å². The summed E-state index contributed by atoms with van der Waals surface area (Å²) in [7, 11) is 2.30. The van der Waals surface area contributed by atoms with Gasteiger partial charge in [0.25, 0.3) is 0 Å². The first-order chi connectivity index (χ1) is 5.59. The molecule has 0 aliphatic rings. The second kappa shape index (κ2) is 10.8. The smallest absolute Gasteiger partial charge is 0.156 e. The van der Waals surface area contributed by atoms with Gasteiger partial charge >= 0.3 is 0 Å². The van der Waals surface area contributed by atoms with Gasteiger partial charge in [-0.3, -0.25) is 4.79 Å². The number of carbonyl (C=O) groups is 1. The zero-order valence-corrected chi connectivity index (χ0v) is 9.89. The maximum atomic E-state index is 10.6. The van der Waals surface area contributed by atoms with Crippen LogP contribution in [0.15, 0.2) is 12.2 Å². The normalized spacial score (nSPS) is 9.33. The number of hydrogen-bond donors (Lipinski definition) is 0. The monoisotopic (exact) mass is 210 g/mol. The van der Waals surface area contributed by atoms with E-state index in [0.717, 1.165) is 0 Å². The Morgan fingerprint density at radius 1 is 1.50 bits per heavy atom. The average molecular weight is 211 g/mol. The van der Waals surface area contributed by atoms with E-state index in [9.17, 15) is 4.79 Å². The summed E-state index contributed by atoms with van der Waals surface area (Å²) in [4.78, 5) is 18.7. The molecule has 0 radical (unpaired) electrons. The Labute approximate surface area is 80.1 Å². The summed E-state index contributed by atoms with van der Waals surface area (Å²) in [5.41, 5.74) is 0.623. The number of Topliss-reactive ketones (excluding diaryl/α,β-unsaturated/α-hetero) is 1. The molecule has 0 saturated heterocycles. The Hall–Kier alpha value is -0.163. The van der Waals surface area contributed by atoms with E-state index in [-0.39, 0.29) is 5.78 Å². The third-order valence-electron chi connectivity index (χ3n) is 0.964. The van der Waals surface area contributed by atoms with Crippen molar-refractivity contribution in [2.75, 3.05) is 14.2 Å². The number of carbonyl (C=O) groups excluding carboxylic acids is 1. The van der Waals surface area contributed by atoms with Crippen molar-refractivity contribution in [1.82, 2.24) is 0 Å². The second-order valence-corrected chi connectivity index (χ2v) is 3.99. The fourth-order valence-electron chi connectivity index (χ4n) is 0.299. The van der Waals surface area contributed by atoms with Gasteiger partial charge in [-0.15, -0.1) is 0 Å². The van der Waals surface area contributed by atoms with Gasteiger partial charge in [0, 0.05) is 6.04 Å². The van der Waals surface area contributed by atoms with Gasteiger partial charge < -0.3 is 0 Å². The number of allylic oxidation sites excluding steroid dienone is 1. The van der Waals surface area contributed by atoms with Crippen LogP contribution < -0.4 is 0 Å². The Morgan fingerprint density at radius 3 is 2.00 bits per heavy atom. The van der Waals surface area contributed by atoms with E-state index in [1.807, 2.05) is 0 Å². The minimum absolute atomic E-state index is 0.117. The fraction of sp³-hybridized carbons (Fsp3) is 0.571.